The van der Waals surface area contributed by atoms with Gasteiger partial charge >= 0.3 is 12.1 Å². The van der Waals surface area contributed by atoms with Gasteiger partial charge < -0.3 is 14.6 Å². The Bertz CT molecular complexity index is 781. The van der Waals surface area contributed by atoms with Crippen molar-refractivity contribution in [2.24, 2.45) is 7.05 Å². The molecule has 0 aliphatic carbocycles. The number of fused-ring (bicyclic) bond motifs is 1. The van der Waals surface area contributed by atoms with Crippen LogP contribution in [0.25, 0.3) is 10.9 Å². The average Bonchev–Trinajstić information content (AvgIpc) is 2.81. The average molecular weight is 342 g/mol. The summed E-state index contributed by atoms with van der Waals surface area (Å²) in [5.41, 5.74) is 0.00171. The maximum atomic E-state index is 12.8. The first-order chi connectivity index (χ1) is 11.1. The fourth-order valence-corrected chi connectivity index (χ4v) is 2.50. The molecule has 1 N–H and O–H groups in total. The Kier molecular flexibility index (Phi) is 4.86. The van der Waals surface area contributed by atoms with Crippen LogP contribution < -0.4 is 0 Å². The topological polar surface area (TPSA) is 62.5 Å². The monoisotopic (exact) mass is 342 g/mol. The second-order valence-corrected chi connectivity index (χ2v) is 5.58. The molecule has 0 unspecified atom stereocenters. The number of benzene rings is 1. The van der Waals surface area contributed by atoms with Gasteiger partial charge in [-0.3, -0.25) is 9.59 Å². The molecular weight excluding hydrogens is 325 g/mol. The summed E-state index contributed by atoms with van der Waals surface area (Å²) in [4.78, 5) is 24.3. The van der Waals surface area contributed by atoms with Gasteiger partial charge in [0, 0.05) is 38.0 Å². The third kappa shape index (κ3) is 3.69. The normalized spacial score (nSPS) is 11.7. The Hall–Kier alpha value is -2.51. The molecule has 1 aromatic heterocycles. The molecule has 1 amide bonds. The molecule has 130 valence electrons. The summed E-state index contributed by atoms with van der Waals surface area (Å²) in [5, 5.41) is 8.94. The van der Waals surface area contributed by atoms with E-state index < -0.39 is 17.7 Å². The molecule has 0 atom stereocenters. The number of carbonyl (C=O) groups is 2. The molecule has 5 nitrogen and oxygen atoms in total. The summed E-state index contributed by atoms with van der Waals surface area (Å²) in [6.07, 6.45) is -4.19. The van der Waals surface area contributed by atoms with Gasteiger partial charge in [0.15, 0.2) is 0 Å². The van der Waals surface area contributed by atoms with E-state index in [1.54, 1.807) is 7.05 Å². The molecular formula is C16H17F3N2O3. The van der Waals surface area contributed by atoms with E-state index in [0.717, 1.165) is 12.1 Å². The van der Waals surface area contributed by atoms with E-state index in [1.165, 1.54) is 28.6 Å². The number of aromatic nitrogens is 1. The molecule has 0 aliphatic rings. The van der Waals surface area contributed by atoms with Crippen LogP contribution in [0, 0.1) is 0 Å². The number of aryl methyl sites for hydroxylation is 1. The van der Waals surface area contributed by atoms with Gasteiger partial charge in [0.1, 0.15) is 5.69 Å². The lowest BCUT2D eigenvalue weighted by molar-refractivity contribution is -0.138. The van der Waals surface area contributed by atoms with Crippen molar-refractivity contribution >= 4 is 22.8 Å². The highest BCUT2D eigenvalue weighted by Gasteiger charge is 2.31. The summed E-state index contributed by atoms with van der Waals surface area (Å²) < 4.78 is 39.9. The number of hydrogen-bond acceptors (Lipinski definition) is 2. The van der Waals surface area contributed by atoms with Crippen LogP contribution in [0.3, 0.4) is 0 Å². The predicted molar refractivity (Wildman–Crippen MR) is 81.8 cm³/mol. The lowest BCUT2D eigenvalue weighted by Gasteiger charge is -2.17. The van der Waals surface area contributed by atoms with Gasteiger partial charge in [-0.25, -0.2) is 0 Å². The van der Waals surface area contributed by atoms with Crippen LogP contribution in [0.1, 0.15) is 28.9 Å². The number of rotatable bonds is 5. The van der Waals surface area contributed by atoms with Gasteiger partial charge in [0.2, 0.25) is 0 Å². The highest BCUT2D eigenvalue weighted by molar-refractivity contribution is 5.98. The highest BCUT2D eigenvalue weighted by Crippen LogP contribution is 2.32. The number of nitrogens with zero attached hydrogens (tertiary/aromatic N) is 2. The number of alkyl halides is 3. The predicted octanol–water partition coefficient (Wildman–Crippen LogP) is 3.13. The Morgan fingerprint density at radius 2 is 1.92 bits per heavy atom. The molecule has 24 heavy (non-hydrogen) atoms. The Balaban J connectivity index is 2.27. The van der Waals surface area contributed by atoms with Crippen molar-refractivity contribution in [1.29, 1.82) is 0 Å². The molecule has 2 aromatic rings. The number of amides is 1. The zero-order valence-corrected chi connectivity index (χ0v) is 13.2. The van der Waals surface area contributed by atoms with Crippen molar-refractivity contribution in [3.63, 3.8) is 0 Å². The largest absolute Gasteiger partial charge is 0.481 e. The van der Waals surface area contributed by atoms with Crippen LogP contribution in [0.2, 0.25) is 0 Å². The first-order valence-electron chi connectivity index (χ1n) is 7.25. The van der Waals surface area contributed by atoms with E-state index in [4.69, 9.17) is 5.11 Å². The van der Waals surface area contributed by atoms with Crippen LogP contribution >= 0.6 is 0 Å². The summed E-state index contributed by atoms with van der Waals surface area (Å²) in [6.45, 7) is 0.250. The summed E-state index contributed by atoms with van der Waals surface area (Å²) in [6, 6.07) is 4.74. The van der Waals surface area contributed by atoms with E-state index in [1.807, 2.05) is 0 Å². The highest BCUT2D eigenvalue weighted by atomic mass is 19.4. The van der Waals surface area contributed by atoms with Crippen molar-refractivity contribution < 1.29 is 27.9 Å². The Labute approximate surface area is 136 Å². The van der Waals surface area contributed by atoms with Crippen LogP contribution in [0.15, 0.2) is 24.3 Å². The first-order valence-corrected chi connectivity index (χ1v) is 7.25. The zero-order valence-electron chi connectivity index (χ0n) is 13.2. The Morgan fingerprint density at radius 3 is 2.50 bits per heavy atom. The smallest absolute Gasteiger partial charge is 0.416 e. The van der Waals surface area contributed by atoms with Crippen molar-refractivity contribution in [2.75, 3.05) is 13.6 Å². The maximum absolute atomic E-state index is 12.8. The van der Waals surface area contributed by atoms with Crippen LogP contribution in [0.4, 0.5) is 13.2 Å². The zero-order chi connectivity index (χ0) is 18.1. The van der Waals surface area contributed by atoms with Gasteiger partial charge in [-0.05, 0) is 30.7 Å². The lowest BCUT2D eigenvalue weighted by Crippen LogP contribution is -2.29. The van der Waals surface area contributed by atoms with Crippen molar-refractivity contribution in [3.05, 3.63) is 35.5 Å². The molecule has 0 bridgehead atoms. The van der Waals surface area contributed by atoms with Gasteiger partial charge in [0.25, 0.3) is 5.91 Å². The number of carboxylic acids is 1. The van der Waals surface area contributed by atoms with E-state index in [2.05, 4.69) is 0 Å². The van der Waals surface area contributed by atoms with Crippen molar-refractivity contribution in [3.8, 4) is 0 Å². The molecule has 0 saturated heterocycles. The fraction of sp³-hybridized carbons (Fsp3) is 0.375. The molecule has 1 aromatic carbocycles. The van der Waals surface area contributed by atoms with Gasteiger partial charge in [-0.2, -0.15) is 13.2 Å². The van der Waals surface area contributed by atoms with Crippen LogP contribution in [0.5, 0.6) is 0 Å². The summed E-state index contributed by atoms with van der Waals surface area (Å²) in [7, 11) is 3.14. The molecule has 0 spiro atoms. The number of carboxylic acid groups (broad SMARTS) is 1. The SMILES string of the molecule is CN(CCCC(=O)O)C(=O)c1cc2cc(C(F)(F)F)ccc2n1C. The standard InChI is InChI=1S/C16H17F3N2O3/c1-20(7-3-4-14(22)23)15(24)13-9-10-8-11(16(17,18)19)5-6-12(10)21(13)2/h5-6,8-9H,3-4,7H2,1-2H3,(H,22,23). The molecule has 2 rings (SSSR count). The van der Waals surface area contributed by atoms with Crippen LogP contribution in [-0.4, -0.2) is 40.0 Å². The minimum atomic E-state index is -4.44. The number of carbonyl (C=O) groups excluding carboxylic acids is 1. The minimum absolute atomic E-state index is 0.0539. The molecule has 8 heteroatoms. The number of hydrogen-bond donors (Lipinski definition) is 1. The molecule has 0 aliphatic heterocycles. The number of halogens is 3. The third-order valence-electron chi connectivity index (χ3n) is 3.82. The van der Waals surface area contributed by atoms with Gasteiger partial charge in [-0.15, -0.1) is 0 Å². The Morgan fingerprint density at radius 1 is 1.25 bits per heavy atom. The number of aliphatic carboxylic acids is 1. The second kappa shape index (κ2) is 6.54. The molecule has 0 saturated carbocycles. The lowest BCUT2D eigenvalue weighted by atomic mass is 10.1. The van der Waals surface area contributed by atoms with Gasteiger partial charge in [-0.1, -0.05) is 0 Å². The van der Waals surface area contributed by atoms with E-state index in [9.17, 15) is 22.8 Å². The quantitative estimate of drug-likeness (QED) is 0.908. The van der Waals surface area contributed by atoms with Crippen molar-refractivity contribution in [1.82, 2.24) is 9.47 Å². The van der Waals surface area contributed by atoms with Crippen molar-refractivity contribution in [2.45, 2.75) is 19.0 Å². The summed E-state index contributed by atoms with van der Waals surface area (Å²) >= 11 is 0. The third-order valence-corrected chi connectivity index (χ3v) is 3.82. The van der Waals surface area contributed by atoms with E-state index >= 15 is 0 Å². The maximum Gasteiger partial charge on any atom is 0.416 e. The van der Waals surface area contributed by atoms with E-state index in [0.29, 0.717) is 17.3 Å². The summed E-state index contributed by atoms with van der Waals surface area (Å²) in [5.74, 6) is -1.31. The van der Waals surface area contributed by atoms with Crippen LogP contribution in [-0.2, 0) is 18.0 Å². The van der Waals surface area contributed by atoms with E-state index in [-0.39, 0.29) is 24.6 Å². The molecule has 1 heterocycles. The molecule has 0 fully saturated rings. The second-order valence-electron chi connectivity index (χ2n) is 5.58. The van der Waals surface area contributed by atoms with Gasteiger partial charge in [0.05, 0.1) is 5.56 Å². The first kappa shape index (κ1) is 17.8. The molecule has 0 radical (unpaired) electrons. The minimum Gasteiger partial charge on any atom is -0.481 e. The fourth-order valence-electron chi connectivity index (χ4n) is 2.50.